The van der Waals surface area contributed by atoms with Crippen LogP contribution in [0, 0.1) is 5.92 Å². The Morgan fingerprint density at radius 2 is 1.65 bits per heavy atom. The van der Waals surface area contributed by atoms with Gasteiger partial charge in [0.05, 0.1) is 7.11 Å². The fourth-order valence-electron chi connectivity index (χ4n) is 2.39. The van der Waals surface area contributed by atoms with Crippen molar-refractivity contribution in [2.45, 2.75) is 45.8 Å². The molecule has 0 fully saturated rings. The molecular formula is C16H25NO3. The summed E-state index contributed by atoms with van der Waals surface area (Å²) in [6, 6.07) is 7.27. The molecule has 4 heteroatoms. The van der Waals surface area contributed by atoms with E-state index in [1.807, 2.05) is 31.2 Å². The zero-order valence-electron chi connectivity index (χ0n) is 12.9. The van der Waals surface area contributed by atoms with Crippen LogP contribution in [0.25, 0.3) is 0 Å². The van der Waals surface area contributed by atoms with E-state index in [1.54, 1.807) is 14.0 Å². The van der Waals surface area contributed by atoms with Crippen LogP contribution in [-0.4, -0.2) is 25.2 Å². The lowest BCUT2D eigenvalue weighted by atomic mass is 9.84. The first kappa shape index (κ1) is 16.5. The molecule has 0 saturated carbocycles. The smallest absolute Gasteiger partial charge is 0.322 e. The fraction of sp³-hybridized carbons (Fsp3) is 0.562. The Bertz CT molecular complexity index is 426. The highest BCUT2D eigenvalue weighted by Crippen LogP contribution is 2.31. The van der Waals surface area contributed by atoms with Gasteiger partial charge in [-0.2, -0.15) is 0 Å². The zero-order chi connectivity index (χ0) is 15.3. The predicted molar refractivity (Wildman–Crippen MR) is 79.8 cm³/mol. The number of esters is 1. The Morgan fingerprint density at radius 1 is 1.10 bits per heavy atom. The van der Waals surface area contributed by atoms with Crippen molar-refractivity contribution in [3.8, 4) is 5.75 Å². The van der Waals surface area contributed by atoms with Crippen molar-refractivity contribution in [3.05, 3.63) is 29.8 Å². The van der Waals surface area contributed by atoms with Crippen LogP contribution in [0.5, 0.6) is 5.75 Å². The molecule has 20 heavy (non-hydrogen) atoms. The van der Waals surface area contributed by atoms with Gasteiger partial charge in [0.2, 0.25) is 0 Å². The maximum absolute atomic E-state index is 11.6. The first-order valence-corrected chi connectivity index (χ1v) is 6.96. The topological polar surface area (TPSA) is 61.5 Å². The molecule has 0 aliphatic rings. The van der Waals surface area contributed by atoms with E-state index in [2.05, 4.69) is 13.8 Å². The van der Waals surface area contributed by atoms with Crippen LogP contribution >= 0.6 is 0 Å². The summed E-state index contributed by atoms with van der Waals surface area (Å²) in [4.78, 5) is 11.6. The van der Waals surface area contributed by atoms with E-state index in [4.69, 9.17) is 15.2 Å². The van der Waals surface area contributed by atoms with Gasteiger partial charge >= 0.3 is 5.97 Å². The van der Waals surface area contributed by atoms with Crippen LogP contribution in [0.1, 0.15) is 39.2 Å². The average molecular weight is 279 g/mol. The molecule has 112 valence electrons. The van der Waals surface area contributed by atoms with E-state index in [0.717, 1.165) is 11.3 Å². The van der Waals surface area contributed by atoms with Crippen molar-refractivity contribution in [1.82, 2.24) is 0 Å². The summed E-state index contributed by atoms with van der Waals surface area (Å²) in [6.45, 7) is 7.78. The zero-order valence-corrected chi connectivity index (χ0v) is 12.9. The van der Waals surface area contributed by atoms with Crippen LogP contribution in [-0.2, 0) is 9.53 Å². The Labute approximate surface area is 121 Å². The number of hydrogen-bond donors (Lipinski definition) is 1. The highest BCUT2D eigenvalue weighted by Gasteiger charge is 2.26. The van der Waals surface area contributed by atoms with E-state index < -0.39 is 6.04 Å². The van der Waals surface area contributed by atoms with Gasteiger partial charge in [-0.1, -0.05) is 26.0 Å². The van der Waals surface area contributed by atoms with E-state index in [-0.39, 0.29) is 18.0 Å². The molecule has 0 amide bonds. The van der Waals surface area contributed by atoms with E-state index >= 15 is 0 Å². The van der Waals surface area contributed by atoms with Crippen LogP contribution < -0.4 is 10.5 Å². The summed E-state index contributed by atoms with van der Waals surface area (Å²) in [5.74, 6) is 0.927. The normalized spacial score (nSPS) is 15.6. The minimum atomic E-state index is -0.596. The summed E-state index contributed by atoms with van der Waals surface area (Å²) in [5.41, 5.74) is 6.68. The fourth-order valence-corrected chi connectivity index (χ4v) is 2.39. The highest BCUT2D eigenvalue weighted by molar-refractivity contribution is 5.75. The quantitative estimate of drug-likeness (QED) is 0.813. The van der Waals surface area contributed by atoms with Gasteiger partial charge in [0.1, 0.15) is 17.9 Å². The SMILES string of the molecule is COc1ccc([C@H](C(C)C)[C@H](C)OC(=O)[C@H](C)N)cc1. The largest absolute Gasteiger partial charge is 0.497 e. The molecule has 0 aliphatic heterocycles. The molecule has 4 nitrogen and oxygen atoms in total. The standard InChI is InChI=1S/C16H25NO3/c1-10(2)15(12(4)20-16(18)11(3)17)13-6-8-14(19-5)9-7-13/h6-12,15H,17H2,1-5H3/t11-,12-,15+/m0/s1. The Hall–Kier alpha value is -1.55. The molecule has 0 aliphatic carbocycles. The second-order valence-electron chi connectivity index (χ2n) is 5.47. The summed E-state index contributed by atoms with van der Waals surface area (Å²) < 4.78 is 10.6. The molecule has 0 bridgehead atoms. The molecule has 0 unspecified atom stereocenters. The van der Waals surface area contributed by atoms with Crippen LogP contribution in [0.3, 0.4) is 0 Å². The lowest BCUT2D eigenvalue weighted by Crippen LogP contribution is -2.34. The van der Waals surface area contributed by atoms with Crippen molar-refractivity contribution in [2.75, 3.05) is 7.11 Å². The van der Waals surface area contributed by atoms with E-state index in [9.17, 15) is 4.79 Å². The molecule has 0 radical (unpaired) electrons. The predicted octanol–water partition coefficient (Wildman–Crippen LogP) is 2.71. The van der Waals surface area contributed by atoms with Gasteiger partial charge in [-0.3, -0.25) is 4.79 Å². The van der Waals surface area contributed by atoms with Crippen molar-refractivity contribution >= 4 is 5.97 Å². The summed E-state index contributed by atoms with van der Waals surface area (Å²) in [7, 11) is 1.64. The van der Waals surface area contributed by atoms with Crippen molar-refractivity contribution in [2.24, 2.45) is 11.7 Å². The first-order chi connectivity index (χ1) is 9.36. The van der Waals surface area contributed by atoms with Crippen LogP contribution in [0.4, 0.5) is 0 Å². The number of nitrogens with two attached hydrogens (primary N) is 1. The van der Waals surface area contributed by atoms with E-state index in [0.29, 0.717) is 5.92 Å². The highest BCUT2D eigenvalue weighted by atomic mass is 16.5. The Balaban J connectivity index is 2.89. The van der Waals surface area contributed by atoms with Gasteiger partial charge in [0.25, 0.3) is 0 Å². The summed E-state index contributed by atoms with van der Waals surface area (Å²) >= 11 is 0. The number of methoxy groups -OCH3 is 1. The van der Waals surface area contributed by atoms with E-state index in [1.165, 1.54) is 0 Å². The lowest BCUT2D eigenvalue weighted by Gasteiger charge is -2.28. The number of carbonyl (C=O) groups excluding carboxylic acids is 1. The van der Waals surface area contributed by atoms with Crippen molar-refractivity contribution < 1.29 is 14.3 Å². The third-order valence-corrected chi connectivity index (χ3v) is 3.40. The number of ether oxygens (including phenoxy) is 2. The summed E-state index contributed by atoms with van der Waals surface area (Å²) in [5, 5.41) is 0. The second-order valence-corrected chi connectivity index (χ2v) is 5.47. The molecule has 0 saturated heterocycles. The molecule has 0 heterocycles. The van der Waals surface area contributed by atoms with Crippen LogP contribution in [0.2, 0.25) is 0 Å². The van der Waals surface area contributed by atoms with Gasteiger partial charge in [0.15, 0.2) is 0 Å². The van der Waals surface area contributed by atoms with Crippen LogP contribution in [0.15, 0.2) is 24.3 Å². The Morgan fingerprint density at radius 3 is 2.05 bits per heavy atom. The number of rotatable bonds is 6. The third kappa shape index (κ3) is 4.23. The third-order valence-electron chi connectivity index (χ3n) is 3.40. The number of carbonyl (C=O) groups is 1. The molecule has 1 aromatic rings. The molecule has 1 aromatic carbocycles. The lowest BCUT2D eigenvalue weighted by molar-refractivity contribution is -0.151. The molecule has 2 N–H and O–H groups in total. The number of hydrogen-bond acceptors (Lipinski definition) is 4. The van der Waals surface area contributed by atoms with Gasteiger partial charge < -0.3 is 15.2 Å². The van der Waals surface area contributed by atoms with Gasteiger partial charge in [-0.15, -0.1) is 0 Å². The van der Waals surface area contributed by atoms with Crippen molar-refractivity contribution in [1.29, 1.82) is 0 Å². The average Bonchev–Trinajstić information content (AvgIpc) is 2.39. The molecule has 3 atom stereocenters. The molecular weight excluding hydrogens is 254 g/mol. The maximum Gasteiger partial charge on any atom is 0.322 e. The molecule has 1 rings (SSSR count). The first-order valence-electron chi connectivity index (χ1n) is 6.96. The minimum Gasteiger partial charge on any atom is -0.497 e. The minimum absolute atomic E-state index is 0.128. The summed E-state index contributed by atoms with van der Waals surface area (Å²) in [6.07, 6.45) is -0.220. The monoisotopic (exact) mass is 279 g/mol. The van der Waals surface area contributed by atoms with Gasteiger partial charge in [-0.25, -0.2) is 0 Å². The molecule has 0 aromatic heterocycles. The van der Waals surface area contributed by atoms with Gasteiger partial charge in [0, 0.05) is 5.92 Å². The second kappa shape index (κ2) is 7.29. The molecule has 0 spiro atoms. The van der Waals surface area contributed by atoms with Crippen molar-refractivity contribution in [3.63, 3.8) is 0 Å². The maximum atomic E-state index is 11.6. The van der Waals surface area contributed by atoms with Gasteiger partial charge in [-0.05, 0) is 37.5 Å². The number of benzene rings is 1. The Kier molecular flexibility index (Phi) is 6.02.